The summed E-state index contributed by atoms with van der Waals surface area (Å²) in [5.41, 5.74) is 17.1. The topological polar surface area (TPSA) is 25.8 Å². The van der Waals surface area contributed by atoms with Crippen LogP contribution >= 0.6 is 0 Å². The van der Waals surface area contributed by atoms with Crippen LogP contribution in [0.5, 0.6) is 0 Å². The second-order valence-electron chi connectivity index (χ2n) is 16.9. The maximum absolute atomic E-state index is 5.42. The molecule has 10 aromatic rings. The fraction of sp³-hybridized carbons (Fsp3) is 0.0690. The molecule has 0 fully saturated rings. The van der Waals surface area contributed by atoms with Gasteiger partial charge in [0.25, 0.3) is 0 Å². The maximum Gasteiger partial charge on any atom is 0.160 e. The lowest BCUT2D eigenvalue weighted by Crippen LogP contribution is -2.40. The Morgan fingerprint density at radius 1 is 0.317 bits per heavy atom. The van der Waals surface area contributed by atoms with E-state index in [2.05, 4.69) is 214 Å². The molecule has 60 heavy (non-hydrogen) atoms. The standard InChI is InChI=1S/C58H40N2/c1-57(2)48-23-11-13-25-50(48)58(51-26-14-12-24-49(51)57)47-31-30-43(41-28-29-42-32-39-20-9-10-21-40(39)33-44(42)34-41)35-46(47)55-45(22-15-27-52(55)58)54-36-53(37-16-5-3-6-17-37)59-56(60-54)38-18-7-4-8-19-38/h3-36H,1-2H3. The highest BCUT2D eigenvalue weighted by atomic mass is 14.9. The SMILES string of the molecule is CC1(C)c2ccccc2C2(c3ccc(-c4ccc5cc6ccccc6cc5c4)cc3-c3c(-c4cc(-c5ccccc5)nc(-c5ccccc5)n4)cccc32)c2ccccc21. The third-order valence-electron chi connectivity index (χ3n) is 13.3. The molecule has 0 bridgehead atoms. The molecule has 1 aromatic heterocycles. The van der Waals surface area contributed by atoms with Gasteiger partial charge in [-0.15, -0.1) is 0 Å². The van der Waals surface area contributed by atoms with E-state index >= 15 is 0 Å². The summed E-state index contributed by atoms with van der Waals surface area (Å²) >= 11 is 0. The lowest BCUT2D eigenvalue weighted by Gasteiger charge is -2.46. The van der Waals surface area contributed by atoms with Crippen LogP contribution in [-0.2, 0) is 10.8 Å². The van der Waals surface area contributed by atoms with Crippen molar-refractivity contribution in [1.29, 1.82) is 0 Å². The molecule has 0 N–H and O–H groups in total. The quantitative estimate of drug-likeness (QED) is 0.167. The smallest absolute Gasteiger partial charge is 0.160 e. The van der Waals surface area contributed by atoms with Crippen molar-refractivity contribution in [1.82, 2.24) is 9.97 Å². The van der Waals surface area contributed by atoms with Crippen molar-refractivity contribution in [3.8, 4) is 56.2 Å². The van der Waals surface area contributed by atoms with Gasteiger partial charge in [-0.25, -0.2) is 9.97 Å². The molecule has 1 heterocycles. The van der Waals surface area contributed by atoms with E-state index in [1.54, 1.807) is 0 Å². The summed E-state index contributed by atoms with van der Waals surface area (Å²) in [5.74, 6) is 0.713. The average Bonchev–Trinajstić information content (AvgIpc) is 3.61. The summed E-state index contributed by atoms with van der Waals surface area (Å²) in [6, 6.07) is 75.7. The molecule has 2 nitrogen and oxygen atoms in total. The molecule has 2 aliphatic carbocycles. The Hall–Kier alpha value is -7.42. The maximum atomic E-state index is 5.42. The predicted molar refractivity (Wildman–Crippen MR) is 248 cm³/mol. The molecule has 9 aromatic carbocycles. The second kappa shape index (κ2) is 13.0. The molecule has 0 aliphatic heterocycles. The highest BCUT2D eigenvalue weighted by molar-refractivity contribution is 6.01. The Balaban J connectivity index is 1.16. The fourth-order valence-electron chi connectivity index (χ4n) is 10.5. The van der Waals surface area contributed by atoms with Crippen molar-refractivity contribution in [3.05, 3.63) is 240 Å². The van der Waals surface area contributed by atoms with E-state index in [4.69, 9.17) is 9.97 Å². The van der Waals surface area contributed by atoms with E-state index < -0.39 is 5.41 Å². The van der Waals surface area contributed by atoms with Gasteiger partial charge in [0.05, 0.1) is 16.8 Å². The number of hydrogen-bond acceptors (Lipinski definition) is 2. The molecule has 0 radical (unpaired) electrons. The predicted octanol–water partition coefficient (Wildman–Crippen LogP) is 14.5. The Morgan fingerprint density at radius 3 is 1.55 bits per heavy atom. The van der Waals surface area contributed by atoms with E-state index in [9.17, 15) is 0 Å². The van der Waals surface area contributed by atoms with Crippen LogP contribution in [0.25, 0.3) is 77.7 Å². The van der Waals surface area contributed by atoms with Crippen LogP contribution in [0.15, 0.2) is 206 Å². The zero-order valence-electron chi connectivity index (χ0n) is 33.5. The monoisotopic (exact) mass is 764 g/mol. The fourth-order valence-corrected chi connectivity index (χ4v) is 10.5. The number of fused-ring (bicyclic) bond motifs is 11. The molecule has 0 amide bonds. The molecule has 12 rings (SSSR count). The van der Waals surface area contributed by atoms with Gasteiger partial charge in [-0.3, -0.25) is 0 Å². The Morgan fingerprint density at radius 2 is 0.850 bits per heavy atom. The number of benzene rings is 9. The van der Waals surface area contributed by atoms with Crippen molar-refractivity contribution in [3.63, 3.8) is 0 Å². The number of aromatic nitrogens is 2. The minimum Gasteiger partial charge on any atom is -0.228 e. The molecule has 282 valence electrons. The van der Waals surface area contributed by atoms with Crippen LogP contribution in [0.2, 0.25) is 0 Å². The van der Waals surface area contributed by atoms with E-state index in [1.165, 1.54) is 77.2 Å². The summed E-state index contributed by atoms with van der Waals surface area (Å²) in [6.07, 6.45) is 0. The minimum atomic E-state index is -0.540. The minimum absolute atomic E-state index is 0.185. The normalized spacial score (nSPS) is 14.1. The van der Waals surface area contributed by atoms with Crippen LogP contribution in [0.3, 0.4) is 0 Å². The van der Waals surface area contributed by atoms with Gasteiger partial charge in [-0.05, 0) is 108 Å². The number of rotatable bonds is 4. The molecular formula is C58H40N2. The van der Waals surface area contributed by atoms with Gasteiger partial charge in [0.15, 0.2) is 5.82 Å². The molecule has 0 atom stereocenters. The van der Waals surface area contributed by atoms with Crippen LogP contribution in [0, 0.1) is 0 Å². The van der Waals surface area contributed by atoms with E-state index in [-0.39, 0.29) is 5.41 Å². The first-order valence-electron chi connectivity index (χ1n) is 20.9. The second-order valence-corrected chi connectivity index (χ2v) is 16.9. The van der Waals surface area contributed by atoms with Crippen molar-refractivity contribution < 1.29 is 0 Å². The average molecular weight is 765 g/mol. The lowest BCUT2D eigenvalue weighted by atomic mass is 9.55. The van der Waals surface area contributed by atoms with Gasteiger partial charge in [0.1, 0.15) is 0 Å². The Kier molecular flexibility index (Phi) is 7.52. The first-order chi connectivity index (χ1) is 29.5. The molecule has 0 saturated heterocycles. The van der Waals surface area contributed by atoms with Crippen molar-refractivity contribution >= 4 is 21.5 Å². The third-order valence-corrected chi connectivity index (χ3v) is 13.3. The zero-order chi connectivity index (χ0) is 40.0. The highest BCUT2D eigenvalue weighted by Crippen LogP contribution is 2.63. The highest BCUT2D eigenvalue weighted by Gasteiger charge is 2.53. The summed E-state index contributed by atoms with van der Waals surface area (Å²) in [7, 11) is 0. The summed E-state index contributed by atoms with van der Waals surface area (Å²) in [4.78, 5) is 10.6. The van der Waals surface area contributed by atoms with Gasteiger partial charge in [0.2, 0.25) is 0 Å². The lowest BCUT2D eigenvalue weighted by molar-refractivity contribution is 0.563. The summed E-state index contributed by atoms with van der Waals surface area (Å²) in [5, 5.41) is 5.00. The third kappa shape index (κ3) is 5.01. The number of hydrogen-bond donors (Lipinski definition) is 0. The van der Waals surface area contributed by atoms with Gasteiger partial charge in [-0.2, -0.15) is 0 Å². The largest absolute Gasteiger partial charge is 0.228 e. The van der Waals surface area contributed by atoms with Gasteiger partial charge in [0, 0.05) is 22.1 Å². The van der Waals surface area contributed by atoms with E-state index in [1.807, 2.05) is 6.07 Å². The first kappa shape index (κ1) is 34.6. The molecule has 2 heteroatoms. The molecule has 0 unspecified atom stereocenters. The molecule has 1 spiro atoms. The van der Waals surface area contributed by atoms with E-state index in [0.717, 1.165) is 28.1 Å². The molecular weight excluding hydrogens is 725 g/mol. The van der Waals surface area contributed by atoms with Crippen LogP contribution in [0.1, 0.15) is 47.2 Å². The first-order valence-corrected chi connectivity index (χ1v) is 20.9. The van der Waals surface area contributed by atoms with Crippen LogP contribution in [-0.4, -0.2) is 9.97 Å². The van der Waals surface area contributed by atoms with Crippen molar-refractivity contribution in [2.45, 2.75) is 24.7 Å². The van der Waals surface area contributed by atoms with Gasteiger partial charge >= 0.3 is 0 Å². The van der Waals surface area contributed by atoms with Gasteiger partial charge in [-0.1, -0.05) is 190 Å². The zero-order valence-corrected chi connectivity index (χ0v) is 33.5. The van der Waals surface area contributed by atoms with E-state index in [0.29, 0.717) is 5.82 Å². The summed E-state index contributed by atoms with van der Waals surface area (Å²) in [6.45, 7) is 4.77. The van der Waals surface area contributed by atoms with Crippen LogP contribution in [0.4, 0.5) is 0 Å². The molecule has 0 saturated carbocycles. The van der Waals surface area contributed by atoms with Crippen LogP contribution < -0.4 is 0 Å². The Bertz CT molecular complexity index is 3240. The van der Waals surface area contributed by atoms with Gasteiger partial charge < -0.3 is 0 Å². The van der Waals surface area contributed by atoms with Crippen molar-refractivity contribution in [2.24, 2.45) is 0 Å². The summed E-state index contributed by atoms with van der Waals surface area (Å²) < 4.78 is 0. The van der Waals surface area contributed by atoms with Crippen molar-refractivity contribution in [2.75, 3.05) is 0 Å². The Labute approximate surface area is 350 Å². The number of nitrogens with zero attached hydrogens (tertiary/aromatic N) is 2. The molecule has 2 aliphatic rings.